The third-order valence-corrected chi connectivity index (χ3v) is 5.38. The molecule has 1 aliphatic rings. The molecule has 5 heteroatoms. The largest absolute Gasteiger partial charge is 0.381 e. The Bertz CT molecular complexity index is 350. The summed E-state index contributed by atoms with van der Waals surface area (Å²) in [5.41, 5.74) is 1.34. The molecule has 1 aromatic rings. The molecule has 0 aromatic carbocycles. The van der Waals surface area contributed by atoms with Crippen molar-refractivity contribution in [3.63, 3.8) is 0 Å². The van der Waals surface area contributed by atoms with E-state index in [9.17, 15) is 0 Å². The molecule has 1 aliphatic heterocycles. The minimum absolute atomic E-state index is 0.386. The van der Waals surface area contributed by atoms with Gasteiger partial charge >= 0.3 is 0 Å². The van der Waals surface area contributed by atoms with Crippen molar-refractivity contribution in [1.29, 1.82) is 0 Å². The smallest absolute Gasteiger partial charge is 0.0758 e. The molecule has 1 saturated heterocycles. The van der Waals surface area contributed by atoms with Crippen LogP contribution in [-0.2, 0) is 4.74 Å². The lowest BCUT2D eigenvalue weighted by molar-refractivity contribution is 0.0401. The summed E-state index contributed by atoms with van der Waals surface area (Å²) in [6, 6.07) is 2.59. The van der Waals surface area contributed by atoms with Gasteiger partial charge in [-0.25, -0.2) is 0 Å². The number of halogens is 2. The predicted octanol–water partition coefficient (Wildman–Crippen LogP) is 3.96. The van der Waals surface area contributed by atoms with Crippen LogP contribution in [0.3, 0.4) is 0 Å². The Labute approximate surface area is 117 Å². The number of rotatable bonds is 3. The predicted molar refractivity (Wildman–Crippen MR) is 75.1 cm³/mol. The van der Waals surface area contributed by atoms with Crippen molar-refractivity contribution in [2.75, 3.05) is 20.3 Å². The molecule has 0 radical (unpaired) electrons. The molecule has 0 bridgehead atoms. The Kier molecular flexibility index (Phi) is 4.85. The molecule has 0 aliphatic carbocycles. The van der Waals surface area contributed by atoms with Crippen molar-refractivity contribution < 1.29 is 4.74 Å². The van der Waals surface area contributed by atoms with Crippen LogP contribution < -0.4 is 5.32 Å². The van der Waals surface area contributed by atoms with E-state index in [2.05, 4.69) is 43.2 Å². The van der Waals surface area contributed by atoms with Crippen LogP contribution in [0.4, 0.5) is 0 Å². The fraction of sp³-hybridized carbons (Fsp3) is 0.636. The van der Waals surface area contributed by atoms with Gasteiger partial charge in [0.05, 0.1) is 14.2 Å². The highest BCUT2D eigenvalue weighted by Crippen LogP contribution is 2.39. The first kappa shape index (κ1) is 13.0. The summed E-state index contributed by atoms with van der Waals surface area (Å²) in [5.74, 6) is 0.580. The zero-order chi connectivity index (χ0) is 11.5. The van der Waals surface area contributed by atoms with Gasteiger partial charge < -0.3 is 10.1 Å². The second-order valence-corrected chi connectivity index (χ2v) is 7.77. The topological polar surface area (TPSA) is 21.3 Å². The minimum atomic E-state index is 0.386. The van der Waals surface area contributed by atoms with Gasteiger partial charge in [-0.3, -0.25) is 0 Å². The lowest BCUT2D eigenvalue weighted by atomic mass is 9.90. The van der Waals surface area contributed by atoms with Crippen molar-refractivity contribution in [1.82, 2.24) is 5.32 Å². The Hall–Kier alpha value is 0.580. The van der Waals surface area contributed by atoms with Crippen LogP contribution in [0.1, 0.15) is 24.4 Å². The molecule has 0 spiro atoms. The van der Waals surface area contributed by atoms with Gasteiger partial charge in [0, 0.05) is 18.6 Å². The summed E-state index contributed by atoms with van der Waals surface area (Å²) in [6.07, 6.45) is 2.41. The highest BCUT2D eigenvalue weighted by atomic mass is 79.9. The van der Waals surface area contributed by atoms with E-state index in [4.69, 9.17) is 4.74 Å². The number of ether oxygens (including phenoxy) is 1. The summed E-state index contributed by atoms with van der Waals surface area (Å²) in [5, 5.41) is 3.42. The van der Waals surface area contributed by atoms with E-state index < -0.39 is 0 Å². The maximum absolute atomic E-state index is 5.57. The van der Waals surface area contributed by atoms with Gasteiger partial charge in [-0.1, -0.05) is 0 Å². The van der Waals surface area contributed by atoms with E-state index in [0.717, 1.165) is 13.2 Å². The molecule has 0 amide bonds. The van der Waals surface area contributed by atoms with Gasteiger partial charge in [0.15, 0.2) is 0 Å². The zero-order valence-electron chi connectivity index (χ0n) is 9.13. The summed E-state index contributed by atoms with van der Waals surface area (Å²) in [6.45, 7) is 1.78. The second kappa shape index (κ2) is 5.96. The molecule has 90 valence electrons. The highest BCUT2D eigenvalue weighted by molar-refractivity contribution is 9.12. The maximum Gasteiger partial charge on any atom is 0.0758 e. The normalized spacial score (nSPS) is 23.3. The first-order valence-electron chi connectivity index (χ1n) is 5.42. The quantitative estimate of drug-likeness (QED) is 0.871. The van der Waals surface area contributed by atoms with Crippen LogP contribution in [-0.4, -0.2) is 20.3 Å². The molecule has 1 N–H and O–H groups in total. The van der Waals surface area contributed by atoms with Crippen molar-refractivity contribution >= 4 is 43.2 Å². The summed E-state index contributed by atoms with van der Waals surface area (Å²) < 4.78 is 7.95. The first-order chi connectivity index (χ1) is 7.72. The van der Waals surface area contributed by atoms with E-state index in [-0.39, 0.29) is 0 Å². The zero-order valence-corrected chi connectivity index (χ0v) is 13.1. The lowest BCUT2D eigenvalue weighted by Crippen LogP contribution is -2.31. The summed E-state index contributed by atoms with van der Waals surface area (Å²) in [7, 11) is 2.03. The van der Waals surface area contributed by atoms with E-state index in [1.54, 1.807) is 11.3 Å². The molecule has 0 saturated carbocycles. The van der Waals surface area contributed by atoms with Gasteiger partial charge in [0.1, 0.15) is 0 Å². The van der Waals surface area contributed by atoms with E-state index >= 15 is 0 Å². The standard InChI is InChI=1S/C11H15Br2NOS/c1-14-10(7-3-2-4-15-6-7)8-5-9(12)16-11(8)13/h5,7,10,14H,2-4,6H2,1H3. The van der Waals surface area contributed by atoms with E-state index in [1.807, 2.05) is 7.05 Å². The Morgan fingerprint density at radius 1 is 1.56 bits per heavy atom. The SMILES string of the molecule is CNC(c1cc(Br)sc1Br)C1CCCOC1. The van der Waals surface area contributed by atoms with Gasteiger partial charge in [-0.05, 0) is 63.4 Å². The molecule has 1 aromatic heterocycles. The molecular formula is C11H15Br2NOS. The summed E-state index contributed by atoms with van der Waals surface area (Å²) >= 11 is 8.90. The average Bonchev–Trinajstić information content (AvgIpc) is 2.61. The van der Waals surface area contributed by atoms with Crippen LogP contribution >= 0.6 is 43.2 Å². The number of thiophene rings is 1. The molecule has 2 atom stereocenters. The summed E-state index contributed by atoms with van der Waals surface area (Å²) in [4.78, 5) is 0. The molecular weight excluding hydrogens is 354 g/mol. The van der Waals surface area contributed by atoms with Gasteiger partial charge in [0.25, 0.3) is 0 Å². The number of hydrogen-bond donors (Lipinski definition) is 1. The molecule has 1 fully saturated rings. The van der Waals surface area contributed by atoms with Crippen molar-refractivity contribution in [3.8, 4) is 0 Å². The van der Waals surface area contributed by atoms with Crippen LogP contribution in [0.2, 0.25) is 0 Å². The first-order valence-corrected chi connectivity index (χ1v) is 7.82. The lowest BCUT2D eigenvalue weighted by Gasteiger charge is -2.30. The van der Waals surface area contributed by atoms with Crippen LogP contribution in [0.15, 0.2) is 13.6 Å². The Morgan fingerprint density at radius 3 is 2.88 bits per heavy atom. The molecule has 2 unspecified atom stereocenters. The fourth-order valence-corrected chi connectivity index (χ4v) is 5.17. The van der Waals surface area contributed by atoms with Gasteiger partial charge in [-0.15, -0.1) is 11.3 Å². The Balaban J connectivity index is 2.17. The second-order valence-electron chi connectivity index (χ2n) is 4.02. The average molecular weight is 369 g/mol. The van der Waals surface area contributed by atoms with Crippen molar-refractivity contribution in [2.24, 2.45) is 5.92 Å². The van der Waals surface area contributed by atoms with Crippen LogP contribution in [0, 0.1) is 5.92 Å². The van der Waals surface area contributed by atoms with Gasteiger partial charge in [-0.2, -0.15) is 0 Å². The minimum Gasteiger partial charge on any atom is -0.381 e. The molecule has 2 nitrogen and oxygen atoms in total. The van der Waals surface area contributed by atoms with Crippen molar-refractivity contribution in [2.45, 2.75) is 18.9 Å². The number of hydrogen-bond acceptors (Lipinski definition) is 3. The third kappa shape index (κ3) is 2.88. The molecule has 16 heavy (non-hydrogen) atoms. The highest BCUT2D eigenvalue weighted by Gasteiger charge is 2.26. The van der Waals surface area contributed by atoms with Crippen LogP contribution in [0.5, 0.6) is 0 Å². The van der Waals surface area contributed by atoms with Crippen LogP contribution in [0.25, 0.3) is 0 Å². The fourth-order valence-electron chi connectivity index (χ4n) is 2.24. The maximum atomic E-state index is 5.57. The molecule has 2 rings (SSSR count). The monoisotopic (exact) mass is 367 g/mol. The van der Waals surface area contributed by atoms with Crippen molar-refractivity contribution in [3.05, 3.63) is 19.2 Å². The van der Waals surface area contributed by atoms with Gasteiger partial charge in [0.2, 0.25) is 0 Å². The Morgan fingerprint density at radius 2 is 2.38 bits per heavy atom. The number of nitrogens with one attached hydrogen (secondary N) is 1. The van der Waals surface area contributed by atoms with E-state index in [1.165, 1.54) is 26.0 Å². The molecule has 2 heterocycles. The third-order valence-electron chi connectivity index (χ3n) is 3.00. The van der Waals surface area contributed by atoms with E-state index in [0.29, 0.717) is 12.0 Å².